The number of hydrogen-bond acceptors (Lipinski definition) is 5. The zero-order valence-corrected chi connectivity index (χ0v) is 9.04. The summed E-state index contributed by atoms with van der Waals surface area (Å²) in [4.78, 5) is 0. The highest BCUT2D eigenvalue weighted by molar-refractivity contribution is 9.10. The first-order chi connectivity index (χ1) is 6.79. The van der Waals surface area contributed by atoms with Crippen LogP contribution in [0.5, 0.6) is 0 Å². The van der Waals surface area contributed by atoms with Gasteiger partial charge in [-0.05, 0) is 23.0 Å². The van der Waals surface area contributed by atoms with Crippen LogP contribution in [0.25, 0.3) is 11.5 Å². The molecule has 0 unspecified atom stereocenters. The molecule has 0 aliphatic heterocycles. The fourth-order valence-corrected chi connectivity index (χ4v) is 1.36. The van der Waals surface area contributed by atoms with Crippen LogP contribution in [0.15, 0.2) is 25.8 Å². The minimum atomic E-state index is 0.463. The van der Waals surface area contributed by atoms with Crippen molar-refractivity contribution in [1.82, 2.24) is 15.5 Å². The number of aromatic nitrogens is 2. The number of nitrogens with one attached hydrogen (secondary N) is 1. The topological polar surface area (TPSA) is 64.1 Å². The molecule has 0 atom stereocenters. The molecule has 0 aliphatic carbocycles. The van der Waals surface area contributed by atoms with Crippen LogP contribution in [-0.2, 0) is 6.54 Å². The molecule has 0 bridgehead atoms. The van der Waals surface area contributed by atoms with Gasteiger partial charge in [0.05, 0.1) is 12.1 Å². The fraction of sp³-hybridized carbons (Fsp3) is 0.250. The Morgan fingerprint density at radius 3 is 3.00 bits per heavy atom. The highest BCUT2D eigenvalue weighted by Crippen LogP contribution is 2.23. The highest BCUT2D eigenvalue weighted by Gasteiger charge is 2.10. The SMILES string of the molecule is CNCc1nnc(-c2coc(Br)c2)o1. The van der Waals surface area contributed by atoms with Gasteiger partial charge < -0.3 is 14.2 Å². The smallest absolute Gasteiger partial charge is 0.251 e. The number of rotatable bonds is 3. The molecule has 0 aliphatic rings. The monoisotopic (exact) mass is 257 g/mol. The molecule has 0 spiro atoms. The lowest BCUT2D eigenvalue weighted by atomic mass is 10.3. The summed E-state index contributed by atoms with van der Waals surface area (Å²) in [5, 5.41) is 10.7. The third-order valence-corrected chi connectivity index (χ3v) is 2.03. The molecule has 6 heteroatoms. The van der Waals surface area contributed by atoms with Gasteiger partial charge in [-0.15, -0.1) is 10.2 Å². The third-order valence-electron chi connectivity index (χ3n) is 1.61. The maximum Gasteiger partial charge on any atom is 0.251 e. The van der Waals surface area contributed by atoms with Crippen molar-refractivity contribution >= 4 is 15.9 Å². The molecule has 0 fully saturated rings. The molecule has 0 amide bonds. The summed E-state index contributed by atoms with van der Waals surface area (Å²) in [6.07, 6.45) is 1.56. The molecule has 14 heavy (non-hydrogen) atoms. The fourth-order valence-electron chi connectivity index (χ4n) is 1.02. The maximum atomic E-state index is 5.36. The van der Waals surface area contributed by atoms with E-state index < -0.39 is 0 Å². The molecule has 2 aromatic heterocycles. The first kappa shape index (κ1) is 9.42. The Morgan fingerprint density at radius 1 is 1.50 bits per heavy atom. The van der Waals surface area contributed by atoms with Crippen molar-refractivity contribution in [2.75, 3.05) is 7.05 Å². The van der Waals surface area contributed by atoms with E-state index in [1.54, 1.807) is 12.3 Å². The molecular formula is C8H8BrN3O2. The van der Waals surface area contributed by atoms with Gasteiger partial charge >= 0.3 is 0 Å². The van der Waals surface area contributed by atoms with Gasteiger partial charge in [-0.25, -0.2) is 0 Å². The van der Waals surface area contributed by atoms with Gasteiger partial charge in [0.25, 0.3) is 5.89 Å². The summed E-state index contributed by atoms with van der Waals surface area (Å²) >= 11 is 3.20. The van der Waals surface area contributed by atoms with Gasteiger partial charge in [0.2, 0.25) is 5.89 Å². The predicted octanol–water partition coefficient (Wildman–Crippen LogP) is 1.81. The third kappa shape index (κ3) is 1.85. The van der Waals surface area contributed by atoms with Crippen LogP contribution in [0.4, 0.5) is 0 Å². The highest BCUT2D eigenvalue weighted by atomic mass is 79.9. The average molecular weight is 258 g/mol. The summed E-state index contributed by atoms with van der Waals surface area (Å²) in [5.74, 6) is 1.02. The number of nitrogens with zero attached hydrogens (tertiary/aromatic N) is 2. The quantitative estimate of drug-likeness (QED) is 0.909. The van der Waals surface area contributed by atoms with E-state index >= 15 is 0 Å². The van der Waals surface area contributed by atoms with E-state index in [9.17, 15) is 0 Å². The molecule has 5 nitrogen and oxygen atoms in total. The van der Waals surface area contributed by atoms with E-state index in [0.29, 0.717) is 23.0 Å². The minimum Gasteiger partial charge on any atom is -0.457 e. The number of furan rings is 1. The molecular weight excluding hydrogens is 250 g/mol. The summed E-state index contributed by atoms with van der Waals surface area (Å²) in [7, 11) is 1.82. The summed E-state index contributed by atoms with van der Waals surface area (Å²) in [6.45, 7) is 0.562. The molecule has 0 aromatic carbocycles. The average Bonchev–Trinajstić information content (AvgIpc) is 2.74. The molecule has 2 rings (SSSR count). The van der Waals surface area contributed by atoms with Crippen molar-refractivity contribution in [2.45, 2.75) is 6.54 Å². The summed E-state index contributed by atoms with van der Waals surface area (Å²) in [5.41, 5.74) is 0.770. The zero-order valence-electron chi connectivity index (χ0n) is 7.45. The molecule has 74 valence electrons. The van der Waals surface area contributed by atoms with Crippen molar-refractivity contribution in [3.8, 4) is 11.5 Å². The Kier molecular flexibility index (Phi) is 2.64. The normalized spacial score (nSPS) is 10.7. The van der Waals surface area contributed by atoms with Crippen molar-refractivity contribution in [2.24, 2.45) is 0 Å². The second-order valence-corrected chi connectivity index (χ2v) is 3.45. The van der Waals surface area contributed by atoms with Crippen molar-refractivity contribution in [3.05, 3.63) is 22.9 Å². The summed E-state index contributed by atoms with van der Waals surface area (Å²) < 4.78 is 11.1. The van der Waals surface area contributed by atoms with E-state index in [-0.39, 0.29) is 0 Å². The molecule has 2 heterocycles. The van der Waals surface area contributed by atoms with Crippen LogP contribution in [0.3, 0.4) is 0 Å². The largest absolute Gasteiger partial charge is 0.457 e. The zero-order chi connectivity index (χ0) is 9.97. The van der Waals surface area contributed by atoms with E-state index in [1.807, 2.05) is 7.05 Å². The standard InChI is InChI=1S/C8H8BrN3O2/c1-10-3-7-11-12-8(14-7)5-2-6(9)13-4-5/h2,4,10H,3H2,1H3. The van der Waals surface area contributed by atoms with Crippen LogP contribution in [0.2, 0.25) is 0 Å². The molecule has 0 saturated carbocycles. The van der Waals surface area contributed by atoms with Crippen LogP contribution in [0, 0.1) is 0 Å². The Morgan fingerprint density at radius 2 is 2.36 bits per heavy atom. The molecule has 0 saturated heterocycles. The van der Waals surface area contributed by atoms with Crippen molar-refractivity contribution < 1.29 is 8.83 Å². The van der Waals surface area contributed by atoms with Crippen LogP contribution in [-0.4, -0.2) is 17.2 Å². The lowest BCUT2D eigenvalue weighted by molar-refractivity contribution is 0.488. The van der Waals surface area contributed by atoms with Crippen LogP contribution in [0.1, 0.15) is 5.89 Å². The predicted molar refractivity (Wildman–Crippen MR) is 52.5 cm³/mol. The number of hydrogen-bond donors (Lipinski definition) is 1. The maximum absolute atomic E-state index is 5.36. The Hall–Kier alpha value is -1.14. The summed E-state index contributed by atoms with van der Waals surface area (Å²) in [6, 6.07) is 1.77. The Labute approximate surface area is 88.6 Å². The first-order valence-corrected chi connectivity index (χ1v) is 4.80. The van der Waals surface area contributed by atoms with Gasteiger partial charge in [-0.1, -0.05) is 0 Å². The number of halogens is 1. The first-order valence-electron chi connectivity index (χ1n) is 4.01. The minimum absolute atomic E-state index is 0.463. The second kappa shape index (κ2) is 3.93. The van der Waals surface area contributed by atoms with Crippen LogP contribution >= 0.6 is 15.9 Å². The van der Waals surface area contributed by atoms with E-state index in [4.69, 9.17) is 8.83 Å². The van der Waals surface area contributed by atoms with Gasteiger partial charge in [0.1, 0.15) is 6.26 Å². The second-order valence-electron chi connectivity index (χ2n) is 2.67. The molecule has 0 radical (unpaired) electrons. The Bertz CT molecular complexity index is 424. The Balaban J connectivity index is 2.24. The van der Waals surface area contributed by atoms with Crippen molar-refractivity contribution in [3.63, 3.8) is 0 Å². The lowest BCUT2D eigenvalue weighted by Crippen LogP contribution is -2.04. The lowest BCUT2D eigenvalue weighted by Gasteiger charge is -1.88. The van der Waals surface area contributed by atoms with E-state index in [1.165, 1.54) is 0 Å². The van der Waals surface area contributed by atoms with E-state index in [2.05, 4.69) is 31.4 Å². The van der Waals surface area contributed by atoms with Gasteiger partial charge in [0, 0.05) is 6.07 Å². The van der Waals surface area contributed by atoms with Crippen molar-refractivity contribution in [1.29, 1.82) is 0 Å². The molecule has 2 aromatic rings. The van der Waals surface area contributed by atoms with Gasteiger partial charge in [0.15, 0.2) is 4.67 Å². The van der Waals surface area contributed by atoms with Crippen LogP contribution < -0.4 is 5.32 Å². The molecule has 1 N–H and O–H groups in total. The van der Waals surface area contributed by atoms with Gasteiger partial charge in [-0.3, -0.25) is 0 Å². The van der Waals surface area contributed by atoms with E-state index in [0.717, 1.165) is 5.56 Å². The van der Waals surface area contributed by atoms with Gasteiger partial charge in [-0.2, -0.15) is 0 Å².